The molecular weight excluding hydrogens is 268 g/mol. The number of amides is 1. The van der Waals surface area contributed by atoms with Crippen molar-refractivity contribution in [3.63, 3.8) is 0 Å². The fourth-order valence-corrected chi connectivity index (χ4v) is 1.68. The van der Waals surface area contributed by atoms with E-state index >= 15 is 0 Å². The number of alkyl carbamates (subject to hydrolysis) is 1. The molecule has 6 heteroatoms. The van der Waals surface area contributed by atoms with Gasteiger partial charge in [-0.1, -0.05) is 0 Å². The Hall–Kier alpha value is -1.85. The van der Waals surface area contributed by atoms with Crippen molar-refractivity contribution in [3.8, 4) is 5.75 Å². The Kier molecular flexibility index (Phi) is 4.92. The molecule has 1 atom stereocenters. The zero-order chi connectivity index (χ0) is 15.5. The van der Waals surface area contributed by atoms with Crippen LogP contribution in [0.2, 0.25) is 0 Å². The van der Waals surface area contributed by atoms with Crippen LogP contribution in [-0.4, -0.2) is 18.8 Å². The number of carbonyl (C=O) groups excluding carboxylic acids is 1. The average molecular weight is 287 g/mol. The van der Waals surface area contributed by atoms with Crippen LogP contribution in [0.3, 0.4) is 0 Å². The van der Waals surface area contributed by atoms with Crippen molar-refractivity contribution in [1.82, 2.24) is 5.32 Å². The lowest BCUT2D eigenvalue weighted by Crippen LogP contribution is -2.34. The molecule has 112 valence electrons. The van der Waals surface area contributed by atoms with Gasteiger partial charge < -0.3 is 14.8 Å². The molecule has 0 heterocycles. The van der Waals surface area contributed by atoms with Gasteiger partial charge >= 0.3 is 6.09 Å². The number of rotatable bonds is 3. The predicted octanol–water partition coefficient (Wildman–Crippen LogP) is 3.56. The molecule has 0 aromatic heterocycles. The molecule has 1 unspecified atom stereocenters. The van der Waals surface area contributed by atoms with Gasteiger partial charge in [-0.05, 0) is 33.8 Å². The van der Waals surface area contributed by atoms with Crippen LogP contribution in [0.15, 0.2) is 12.1 Å². The average Bonchev–Trinajstić information content (AvgIpc) is 2.24. The summed E-state index contributed by atoms with van der Waals surface area (Å²) in [5.41, 5.74) is -0.447. The van der Waals surface area contributed by atoms with E-state index in [0.29, 0.717) is 0 Å². The molecule has 0 aliphatic rings. The molecule has 1 aromatic carbocycles. The van der Waals surface area contributed by atoms with Gasteiger partial charge in [-0.2, -0.15) is 0 Å². The number of hydrogen-bond donors (Lipinski definition) is 1. The second kappa shape index (κ2) is 6.07. The van der Waals surface area contributed by atoms with Crippen LogP contribution in [0.5, 0.6) is 5.75 Å². The van der Waals surface area contributed by atoms with E-state index in [1.807, 2.05) is 0 Å². The molecule has 1 rings (SSSR count). The van der Waals surface area contributed by atoms with E-state index in [9.17, 15) is 13.6 Å². The molecule has 1 amide bonds. The highest BCUT2D eigenvalue weighted by molar-refractivity contribution is 5.68. The molecule has 0 aliphatic heterocycles. The van der Waals surface area contributed by atoms with E-state index in [-0.39, 0.29) is 11.3 Å². The molecular formula is C14H19F2NO3. The topological polar surface area (TPSA) is 47.6 Å². The third kappa shape index (κ3) is 4.36. The summed E-state index contributed by atoms with van der Waals surface area (Å²) in [6.45, 7) is 6.75. The highest BCUT2D eigenvalue weighted by Gasteiger charge is 2.22. The molecule has 1 aromatic rings. The summed E-state index contributed by atoms with van der Waals surface area (Å²) in [6.07, 6.45) is -0.670. The summed E-state index contributed by atoms with van der Waals surface area (Å²) in [5.74, 6) is -1.66. The molecule has 4 nitrogen and oxygen atoms in total. The maximum atomic E-state index is 13.6. The fourth-order valence-electron chi connectivity index (χ4n) is 1.68. The molecule has 0 bridgehead atoms. The molecule has 0 fully saturated rings. The van der Waals surface area contributed by atoms with Gasteiger partial charge in [0.15, 0.2) is 11.6 Å². The van der Waals surface area contributed by atoms with Crippen LogP contribution >= 0.6 is 0 Å². The third-order valence-corrected chi connectivity index (χ3v) is 2.44. The first-order valence-electron chi connectivity index (χ1n) is 6.16. The minimum Gasteiger partial charge on any atom is -0.493 e. The lowest BCUT2D eigenvalue weighted by Gasteiger charge is -2.23. The molecule has 1 N–H and O–H groups in total. The number of carbonyl (C=O) groups is 1. The zero-order valence-corrected chi connectivity index (χ0v) is 12.2. The van der Waals surface area contributed by atoms with Gasteiger partial charge in [-0.3, -0.25) is 0 Å². The van der Waals surface area contributed by atoms with Gasteiger partial charge in [0, 0.05) is 11.6 Å². The van der Waals surface area contributed by atoms with Crippen LogP contribution in [-0.2, 0) is 4.74 Å². The molecule has 0 radical (unpaired) electrons. The Balaban J connectivity index is 2.92. The Morgan fingerprint density at radius 2 is 1.90 bits per heavy atom. The zero-order valence-electron chi connectivity index (χ0n) is 12.2. The number of hydrogen-bond acceptors (Lipinski definition) is 3. The summed E-state index contributed by atoms with van der Waals surface area (Å²) in [4.78, 5) is 11.7. The van der Waals surface area contributed by atoms with Crippen molar-refractivity contribution in [2.75, 3.05) is 7.11 Å². The molecule has 20 heavy (non-hydrogen) atoms. The van der Waals surface area contributed by atoms with Crippen molar-refractivity contribution in [1.29, 1.82) is 0 Å². The SMILES string of the molecule is COc1c(F)cc(F)cc1C(C)NC(=O)OC(C)(C)C. The van der Waals surface area contributed by atoms with Crippen molar-refractivity contribution in [2.45, 2.75) is 39.3 Å². The van der Waals surface area contributed by atoms with Crippen molar-refractivity contribution >= 4 is 6.09 Å². The number of halogens is 2. The highest BCUT2D eigenvalue weighted by Crippen LogP contribution is 2.29. The van der Waals surface area contributed by atoms with Gasteiger partial charge in [0.2, 0.25) is 0 Å². The van der Waals surface area contributed by atoms with Crippen LogP contribution in [0.25, 0.3) is 0 Å². The minimum atomic E-state index is -0.819. The lowest BCUT2D eigenvalue weighted by atomic mass is 10.1. The van der Waals surface area contributed by atoms with Crippen LogP contribution < -0.4 is 10.1 Å². The highest BCUT2D eigenvalue weighted by atomic mass is 19.1. The molecule has 0 saturated heterocycles. The van der Waals surface area contributed by atoms with E-state index in [0.717, 1.165) is 12.1 Å². The van der Waals surface area contributed by atoms with Gasteiger partial charge in [0.25, 0.3) is 0 Å². The van der Waals surface area contributed by atoms with Gasteiger partial charge in [-0.15, -0.1) is 0 Å². The first-order chi connectivity index (χ1) is 9.14. The molecule has 0 aliphatic carbocycles. The van der Waals surface area contributed by atoms with Crippen molar-refractivity contribution in [3.05, 3.63) is 29.3 Å². The monoisotopic (exact) mass is 287 g/mol. The quantitative estimate of drug-likeness (QED) is 0.924. The second-order valence-corrected chi connectivity index (χ2v) is 5.38. The first-order valence-corrected chi connectivity index (χ1v) is 6.16. The minimum absolute atomic E-state index is 0.102. The first kappa shape index (κ1) is 16.2. The smallest absolute Gasteiger partial charge is 0.408 e. The number of methoxy groups -OCH3 is 1. The number of ether oxygens (including phenoxy) is 2. The normalized spacial score (nSPS) is 12.8. The van der Waals surface area contributed by atoms with Gasteiger partial charge in [-0.25, -0.2) is 13.6 Å². The van der Waals surface area contributed by atoms with E-state index in [2.05, 4.69) is 5.32 Å². The van der Waals surface area contributed by atoms with Crippen molar-refractivity contribution < 1.29 is 23.0 Å². The Bertz CT molecular complexity index is 498. The summed E-state index contributed by atoms with van der Waals surface area (Å²) >= 11 is 0. The van der Waals surface area contributed by atoms with E-state index in [4.69, 9.17) is 9.47 Å². The summed E-state index contributed by atoms with van der Waals surface area (Å²) < 4.78 is 36.8. The largest absolute Gasteiger partial charge is 0.493 e. The Morgan fingerprint density at radius 1 is 1.30 bits per heavy atom. The molecule has 0 spiro atoms. The summed E-state index contributed by atoms with van der Waals surface area (Å²) in [5, 5.41) is 2.51. The van der Waals surface area contributed by atoms with Crippen LogP contribution in [0.4, 0.5) is 13.6 Å². The van der Waals surface area contributed by atoms with Gasteiger partial charge in [0.05, 0.1) is 13.2 Å². The second-order valence-electron chi connectivity index (χ2n) is 5.38. The maximum absolute atomic E-state index is 13.6. The standard InChI is InChI=1S/C14H19F2NO3/c1-8(17-13(18)20-14(2,3)4)10-6-9(15)7-11(16)12(10)19-5/h6-8H,1-5H3,(H,17,18). The van der Waals surface area contributed by atoms with E-state index in [1.165, 1.54) is 7.11 Å². The third-order valence-electron chi connectivity index (χ3n) is 2.44. The summed E-state index contributed by atoms with van der Waals surface area (Å²) in [7, 11) is 1.28. The predicted molar refractivity (Wildman–Crippen MR) is 70.7 cm³/mol. The van der Waals surface area contributed by atoms with Crippen LogP contribution in [0.1, 0.15) is 39.3 Å². The van der Waals surface area contributed by atoms with E-state index < -0.39 is 29.4 Å². The maximum Gasteiger partial charge on any atom is 0.408 e. The van der Waals surface area contributed by atoms with E-state index in [1.54, 1.807) is 27.7 Å². The van der Waals surface area contributed by atoms with Crippen molar-refractivity contribution in [2.24, 2.45) is 0 Å². The molecule has 0 saturated carbocycles. The summed E-state index contributed by atoms with van der Waals surface area (Å²) in [6, 6.07) is 1.18. The lowest BCUT2D eigenvalue weighted by molar-refractivity contribution is 0.0507. The Morgan fingerprint density at radius 3 is 2.40 bits per heavy atom. The number of nitrogens with one attached hydrogen (secondary N) is 1. The number of benzene rings is 1. The Labute approximate surface area is 117 Å². The van der Waals surface area contributed by atoms with Gasteiger partial charge in [0.1, 0.15) is 11.4 Å². The fraction of sp³-hybridized carbons (Fsp3) is 0.500. The van der Waals surface area contributed by atoms with Crippen LogP contribution in [0, 0.1) is 11.6 Å².